The topological polar surface area (TPSA) is 95.6 Å². The van der Waals surface area contributed by atoms with Crippen LogP contribution in [-0.4, -0.2) is 25.8 Å². The summed E-state index contributed by atoms with van der Waals surface area (Å²) in [6.07, 6.45) is 6.88. The number of carbonyl (C=O) groups excluding carboxylic acids is 1. The first kappa shape index (κ1) is 17.4. The van der Waals surface area contributed by atoms with Crippen molar-refractivity contribution in [3.05, 3.63) is 76.0 Å². The van der Waals surface area contributed by atoms with Crippen molar-refractivity contribution in [3.63, 3.8) is 0 Å². The van der Waals surface area contributed by atoms with Crippen molar-refractivity contribution >= 4 is 40.0 Å². The van der Waals surface area contributed by atoms with Crippen molar-refractivity contribution in [2.75, 3.05) is 5.32 Å². The maximum absolute atomic E-state index is 12.4. The third kappa shape index (κ3) is 3.75. The molecular weight excluding hydrogens is 455 g/mol. The lowest BCUT2D eigenvalue weighted by Gasteiger charge is -2.11. The molecule has 0 unspecified atom stereocenters. The quantitative estimate of drug-likeness (QED) is 0.509. The van der Waals surface area contributed by atoms with Gasteiger partial charge in [-0.1, -0.05) is 12.1 Å². The van der Waals surface area contributed by atoms with Gasteiger partial charge in [-0.3, -0.25) is 9.78 Å². The number of carbonyl (C=O) groups is 1. The molecule has 0 radical (unpaired) electrons. The number of amides is 1. The van der Waals surface area contributed by atoms with E-state index in [0.717, 1.165) is 15.0 Å². The van der Waals surface area contributed by atoms with Crippen LogP contribution >= 0.6 is 22.6 Å². The van der Waals surface area contributed by atoms with Gasteiger partial charge in [0.15, 0.2) is 0 Å². The van der Waals surface area contributed by atoms with Crippen LogP contribution in [0.4, 0.5) is 11.5 Å². The minimum Gasteiger partial charge on any atom is -0.359 e. The molecule has 4 heterocycles. The molecule has 7 nitrogen and oxygen atoms in total. The fraction of sp³-hybridized carbons (Fsp3) is 0.0526. The molecule has 3 aromatic heterocycles. The van der Waals surface area contributed by atoms with Gasteiger partial charge in [-0.2, -0.15) is 0 Å². The Morgan fingerprint density at radius 2 is 1.93 bits per heavy atom. The average Bonchev–Trinajstić information content (AvgIpc) is 3.11. The van der Waals surface area contributed by atoms with E-state index in [-0.39, 0.29) is 5.91 Å². The van der Waals surface area contributed by atoms with E-state index < -0.39 is 0 Å². The number of H-pyrrole nitrogens is 1. The summed E-state index contributed by atoms with van der Waals surface area (Å²) in [5, 5.41) is 6.05. The number of aromatic amines is 1. The third-order valence-electron chi connectivity index (χ3n) is 4.01. The number of halogens is 1. The Morgan fingerprint density at radius 1 is 1.04 bits per heavy atom. The predicted octanol–water partition coefficient (Wildman–Crippen LogP) is 3.58. The van der Waals surface area contributed by atoms with Crippen LogP contribution in [0.15, 0.2) is 61.2 Å². The second kappa shape index (κ2) is 7.70. The highest BCUT2D eigenvalue weighted by Gasteiger charge is 2.27. The Kier molecular flexibility index (Phi) is 4.97. The van der Waals surface area contributed by atoms with Gasteiger partial charge in [0.2, 0.25) is 0 Å². The van der Waals surface area contributed by atoms with E-state index in [9.17, 15) is 4.79 Å². The zero-order valence-electron chi connectivity index (χ0n) is 14.1. The summed E-state index contributed by atoms with van der Waals surface area (Å²) < 4.78 is 0.845. The van der Waals surface area contributed by atoms with E-state index in [2.05, 4.69) is 53.2 Å². The van der Waals surface area contributed by atoms with Gasteiger partial charge in [0.1, 0.15) is 9.52 Å². The molecule has 0 aromatic carbocycles. The Hall–Kier alpha value is -3.01. The summed E-state index contributed by atoms with van der Waals surface area (Å²) in [5.74, 6) is 0.521. The Bertz CT molecular complexity index is 1050. The van der Waals surface area contributed by atoms with Gasteiger partial charge in [-0.15, -0.1) is 0 Å². The van der Waals surface area contributed by atoms with Crippen LogP contribution in [0.2, 0.25) is 0 Å². The van der Waals surface area contributed by atoms with E-state index in [4.69, 9.17) is 0 Å². The number of rotatable bonds is 3. The summed E-state index contributed by atoms with van der Waals surface area (Å²) >= 11 is 2.16. The van der Waals surface area contributed by atoms with Gasteiger partial charge in [0.25, 0.3) is 5.91 Å². The molecule has 3 N–H and O–H groups in total. The normalized spacial score (nSPS) is 12.1. The SMILES string of the molecule is O=C1NCc2c(-c3cnc(I)cccc[nH]3)ncc(Nc3ccccn3)c21. The molecule has 1 amide bonds. The van der Waals surface area contributed by atoms with Crippen LogP contribution in [0.3, 0.4) is 0 Å². The first-order valence-electron chi connectivity index (χ1n) is 8.24. The average molecular weight is 470 g/mol. The number of aromatic nitrogens is 4. The Morgan fingerprint density at radius 3 is 2.78 bits per heavy atom. The second-order valence-corrected chi connectivity index (χ2v) is 6.86. The lowest BCUT2D eigenvalue weighted by molar-refractivity contribution is 0.0966. The van der Waals surface area contributed by atoms with Gasteiger partial charge in [0, 0.05) is 24.5 Å². The van der Waals surface area contributed by atoms with Gasteiger partial charge in [-0.05, 0) is 46.9 Å². The van der Waals surface area contributed by atoms with Crippen LogP contribution < -0.4 is 10.6 Å². The highest BCUT2D eigenvalue weighted by atomic mass is 127. The maximum Gasteiger partial charge on any atom is 0.254 e. The van der Waals surface area contributed by atoms with Crippen LogP contribution in [0, 0.1) is 3.70 Å². The van der Waals surface area contributed by atoms with Crippen molar-refractivity contribution in [2.24, 2.45) is 0 Å². The molecule has 134 valence electrons. The number of nitrogens with one attached hydrogen (secondary N) is 3. The summed E-state index contributed by atoms with van der Waals surface area (Å²) in [5.41, 5.74) is 3.44. The minimum atomic E-state index is -0.133. The monoisotopic (exact) mass is 470 g/mol. The molecule has 1 aliphatic rings. The van der Waals surface area contributed by atoms with E-state index >= 15 is 0 Å². The molecule has 0 aliphatic carbocycles. The van der Waals surface area contributed by atoms with Gasteiger partial charge < -0.3 is 15.6 Å². The first-order chi connectivity index (χ1) is 13.2. The lowest BCUT2D eigenvalue weighted by Crippen LogP contribution is -2.13. The highest BCUT2D eigenvalue weighted by molar-refractivity contribution is 14.1. The molecule has 0 spiro atoms. The third-order valence-corrected chi connectivity index (χ3v) is 4.65. The van der Waals surface area contributed by atoms with Gasteiger partial charge >= 0.3 is 0 Å². The molecule has 0 saturated carbocycles. The van der Waals surface area contributed by atoms with E-state index in [1.54, 1.807) is 18.6 Å². The fourth-order valence-electron chi connectivity index (χ4n) is 2.81. The van der Waals surface area contributed by atoms with E-state index in [0.29, 0.717) is 29.3 Å². The van der Waals surface area contributed by atoms with Crippen LogP contribution in [0.1, 0.15) is 15.9 Å². The smallest absolute Gasteiger partial charge is 0.254 e. The number of nitrogens with zero attached hydrogens (tertiary/aromatic N) is 3. The van der Waals surface area contributed by atoms with Crippen molar-refractivity contribution in [3.8, 4) is 11.4 Å². The standard InChI is InChI=1S/C19H15IN6O/c20-15-5-1-3-7-21-14(11-23-15)18-12-9-25-19(27)17(12)13(10-24-18)26-16-6-2-4-8-22-16/h1-8,10-11,21H,9H2,(H,22,26)(H,25,27). The van der Waals surface area contributed by atoms with E-state index in [1.807, 2.05) is 42.6 Å². The number of anilines is 2. The summed E-state index contributed by atoms with van der Waals surface area (Å²) in [4.78, 5) is 28.9. The molecule has 0 saturated heterocycles. The zero-order valence-corrected chi connectivity index (χ0v) is 16.3. The van der Waals surface area contributed by atoms with E-state index in [1.165, 1.54) is 0 Å². The van der Waals surface area contributed by atoms with Gasteiger partial charge in [0.05, 0.1) is 35.0 Å². The highest BCUT2D eigenvalue weighted by Crippen LogP contribution is 2.31. The summed E-state index contributed by atoms with van der Waals surface area (Å²) in [7, 11) is 0. The Balaban J connectivity index is 1.83. The molecule has 0 fully saturated rings. The van der Waals surface area contributed by atoms with Crippen molar-refractivity contribution < 1.29 is 4.79 Å². The number of hydrogen-bond acceptors (Lipinski definition) is 5. The fourth-order valence-corrected chi connectivity index (χ4v) is 3.15. The van der Waals surface area contributed by atoms with Crippen molar-refractivity contribution in [1.29, 1.82) is 0 Å². The van der Waals surface area contributed by atoms with Gasteiger partial charge in [-0.25, -0.2) is 9.97 Å². The molecule has 4 rings (SSSR count). The molecular formula is C19H15IN6O. The molecule has 0 bridgehead atoms. The molecule has 27 heavy (non-hydrogen) atoms. The van der Waals surface area contributed by atoms with Crippen LogP contribution in [-0.2, 0) is 6.54 Å². The predicted molar refractivity (Wildman–Crippen MR) is 111 cm³/mol. The largest absolute Gasteiger partial charge is 0.359 e. The minimum absolute atomic E-state index is 0.133. The molecule has 3 aromatic rings. The number of fused-ring (bicyclic) bond motifs is 1. The maximum atomic E-state index is 12.4. The van der Waals surface area contributed by atoms with Crippen molar-refractivity contribution in [2.45, 2.75) is 6.54 Å². The summed E-state index contributed by atoms with van der Waals surface area (Å²) in [6, 6.07) is 11.2. The number of pyridine rings is 2. The first-order valence-corrected chi connectivity index (χ1v) is 9.32. The number of hydrogen-bond donors (Lipinski definition) is 3. The molecule has 8 heteroatoms. The lowest BCUT2D eigenvalue weighted by atomic mass is 10.1. The van der Waals surface area contributed by atoms with Crippen molar-refractivity contribution in [1.82, 2.24) is 25.3 Å². The zero-order chi connectivity index (χ0) is 18.6. The summed E-state index contributed by atoms with van der Waals surface area (Å²) in [6.45, 7) is 0.413. The van der Waals surface area contributed by atoms with Crippen LogP contribution in [0.25, 0.3) is 11.4 Å². The molecule has 0 atom stereocenters. The van der Waals surface area contributed by atoms with Crippen LogP contribution in [0.5, 0.6) is 0 Å². The Labute approximate surface area is 169 Å². The second-order valence-electron chi connectivity index (χ2n) is 5.75. The molecule has 1 aliphatic heterocycles.